The van der Waals surface area contributed by atoms with Crippen LogP contribution >= 0.6 is 0 Å². The Bertz CT molecular complexity index is 1120. The van der Waals surface area contributed by atoms with E-state index in [-0.39, 0.29) is 6.61 Å². The third-order valence-electron chi connectivity index (χ3n) is 9.19. The molecule has 78 heavy (non-hydrogen) atoms. The fourth-order valence-electron chi connectivity index (χ4n) is 5.37. The minimum Gasteiger partial charge on any atom is -0.394 e. The van der Waals surface area contributed by atoms with Gasteiger partial charge in [0.05, 0.1) is 324 Å². The molecule has 0 rings (SSSR count). The number of hydrogen-bond donors (Lipinski definition) is 1. The number of hydrogen-bond acceptors (Lipinski definition) is 26. The Balaban J connectivity index is 3.08. The molecule has 0 saturated heterocycles. The second-order valence-corrected chi connectivity index (χ2v) is 15.4. The van der Waals surface area contributed by atoms with E-state index in [2.05, 4.69) is 10.0 Å². The van der Waals surface area contributed by atoms with Crippen LogP contribution in [0.15, 0.2) is 5.11 Å². The second-order valence-electron chi connectivity index (χ2n) is 15.4. The number of rotatable bonds is 74. The number of aliphatic hydroxyl groups excluding tert-OH is 1. The summed E-state index contributed by atoms with van der Waals surface area (Å²) >= 11 is 0. The molecule has 28 nitrogen and oxygen atoms in total. The zero-order chi connectivity index (χ0) is 55.7. The van der Waals surface area contributed by atoms with E-state index >= 15 is 0 Å². The summed E-state index contributed by atoms with van der Waals surface area (Å²) in [7, 11) is 0. The maximum atomic E-state index is 8.61. The number of aliphatic hydroxyl groups is 1. The average molecular weight is 1140 g/mol. The zero-order valence-electron chi connectivity index (χ0n) is 46.9. The average Bonchev–Trinajstić information content (AvgIpc) is 3.45. The van der Waals surface area contributed by atoms with Crippen molar-refractivity contribution in [1.29, 1.82) is 0 Å². The number of nitrogens with zero attached hydrogens (tertiary/aromatic N) is 3. The first-order valence-corrected chi connectivity index (χ1v) is 27.4. The lowest BCUT2D eigenvalue weighted by Crippen LogP contribution is -2.16. The summed E-state index contributed by atoms with van der Waals surface area (Å²) in [4.78, 5) is 2.65. The van der Waals surface area contributed by atoms with Crippen molar-refractivity contribution in [2.45, 2.75) is 0 Å². The van der Waals surface area contributed by atoms with E-state index in [0.717, 1.165) is 0 Å². The van der Waals surface area contributed by atoms with Crippen LogP contribution in [0.3, 0.4) is 0 Å². The third-order valence-corrected chi connectivity index (χ3v) is 9.19. The highest BCUT2D eigenvalue weighted by Gasteiger charge is 2.00. The fraction of sp³-hybridized carbons (Fsp3) is 1.00. The molecule has 0 aliphatic rings. The van der Waals surface area contributed by atoms with Gasteiger partial charge in [-0.05, 0) is 5.53 Å². The summed E-state index contributed by atoms with van der Waals surface area (Å²) in [5, 5.41) is 12.0. The van der Waals surface area contributed by atoms with Crippen LogP contribution in [0.25, 0.3) is 10.4 Å². The van der Waals surface area contributed by atoms with Crippen molar-refractivity contribution >= 4 is 0 Å². The van der Waals surface area contributed by atoms with Crippen molar-refractivity contribution in [3.8, 4) is 0 Å². The largest absolute Gasteiger partial charge is 0.394 e. The molecule has 28 heteroatoms. The lowest BCUT2D eigenvalue weighted by Gasteiger charge is -2.09. The Kier molecular flexibility index (Phi) is 73.7. The molecule has 0 unspecified atom stereocenters. The van der Waals surface area contributed by atoms with Gasteiger partial charge in [-0.15, -0.1) is 0 Å². The van der Waals surface area contributed by atoms with Gasteiger partial charge in [0.15, 0.2) is 0 Å². The van der Waals surface area contributed by atoms with Crippen LogP contribution in [0.5, 0.6) is 0 Å². The van der Waals surface area contributed by atoms with Crippen LogP contribution in [0, 0.1) is 0 Å². The molecule has 0 fully saturated rings. The first-order valence-electron chi connectivity index (χ1n) is 27.4. The van der Waals surface area contributed by atoms with Crippen molar-refractivity contribution < 1.29 is 119 Å². The van der Waals surface area contributed by atoms with Crippen LogP contribution in [0.2, 0.25) is 0 Å². The maximum absolute atomic E-state index is 8.61. The molecule has 0 atom stereocenters. The highest BCUT2D eigenvalue weighted by molar-refractivity contribution is 4.45. The van der Waals surface area contributed by atoms with Crippen molar-refractivity contribution in [3.63, 3.8) is 0 Å². The van der Waals surface area contributed by atoms with Gasteiger partial charge in [0, 0.05) is 11.5 Å². The SMILES string of the molecule is [N-]=[N+]=NCCOCCOCCOCCOCCOCCOCCOCCOCCOCCOCCOCCOCCOCCOCCOCCOCCOCCOCCOCCOCCOCCOCCOCCOCCO. The van der Waals surface area contributed by atoms with Crippen LogP contribution in [-0.4, -0.2) is 335 Å². The minimum absolute atomic E-state index is 0.0172. The van der Waals surface area contributed by atoms with Crippen molar-refractivity contribution in [2.75, 3.05) is 330 Å². The van der Waals surface area contributed by atoms with E-state index in [9.17, 15) is 0 Å². The molecular formula is C50H101N3O25. The molecule has 0 spiro atoms. The number of ether oxygens (including phenoxy) is 24. The van der Waals surface area contributed by atoms with Crippen LogP contribution in [0.1, 0.15) is 0 Å². The Hall–Kier alpha value is -1.69. The van der Waals surface area contributed by atoms with Crippen molar-refractivity contribution in [3.05, 3.63) is 10.4 Å². The molecule has 0 aliphatic heterocycles. The predicted octanol–water partition coefficient (Wildman–Crippen LogP) is 0.687. The summed E-state index contributed by atoms with van der Waals surface area (Å²) in [6, 6.07) is 0. The molecule has 0 saturated carbocycles. The van der Waals surface area contributed by atoms with Gasteiger partial charge >= 0.3 is 0 Å². The molecule has 0 aromatic rings. The Morgan fingerprint density at radius 2 is 0.282 bits per heavy atom. The molecule has 0 aromatic carbocycles. The summed E-state index contributed by atoms with van der Waals surface area (Å²) in [6.07, 6.45) is 0. The molecule has 0 amide bonds. The molecular weight excluding hydrogens is 1040 g/mol. The minimum atomic E-state index is 0.0172. The van der Waals surface area contributed by atoms with E-state index in [1.54, 1.807) is 0 Å². The van der Waals surface area contributed by atoms with E-state index in [1.807, 2.05) is 0 Å². The smallest absolute Gasteiger partial charge is 0.0701 e. The quantitative estimate of drug-likeness (QED) is 0.0379. The Morgan fingerprint density at radius 3 is 0.385 bits per heavy atom. The zero-order valence-corrected chi connectivity index (χ0v) is 46.9. The van der Waals surface area contributed by atoms with E-state index in [0.29, 0.717) is 324 Å². The highest BCUT2D eigenvalue weighted by atomic mass is 16.6. The van der Waals surface area contributed by atoms with Gasteiger partial charge in [-0.1, -0.05) is 5.11 Å². The van der Waals surface area contributed by atoms with Crippen molar-refractivity contribution in [1.82, 2.24) is 0 Å². The van der Waals surface area contributed by atoms with Gasteiger partial charge in [-0.2, -0.15) is 0 Å². The third kappa shape index (κ3) is 74.3. The number of azide groups is 1. The van der Waals surface area contributed by atoms with E-state index < -0.39 is 0 Å². The fourth-order valence-corrected chi connectivity index (χ4v) is 5.37. The van der Waals surface area contributed by atoms with Gasteiger partial charge in [0.2, 0.25) is 0 Å². The molecule has 0 aliphatic carbocycles. The lowest BCUT2D eigenvalue weighted by molar-refractivity contribution is -0.0320. The lowest BCUT2D eigenvalue weighted by atomic mass is 10.6. The second kappa shape index (κ2) is 75.3. The van der Waals surface area contributed by atoms with Crippen LogP contribution in [-0.2, 0) is 114 Å². The summed E-state index contributed by atoms with van der Waals surface area (Å²) in [5.41, 5.74) is 8.17. The molecule has 1 N–H and O–H groups in total. The van der Waals surface area contributed by atoms with Gasteiger partial charge < -0.3 is 119 Å². The molecule has 466 valence electrons. The summed E-state index contributed by atoms with van der Waals surface area (Å²) < 4.78 is 131. The van der Waals surface area contributed by atoms with Gasteiger partial charge in [-0.3, -0.25) is 0 Å². The molecule has 0 heterocycles. The van der Waals surface area contributed by atoms with Crippen LogP contribution < -0.4 is 0 Å². The Labute approximate surface area is 463 Å². The van der Waals surface area contributed by atoms with Crippen LogP contribution in [0.4, 0.5) is 0 Å². The normalized spacial score (nSPS) is 11.6. The topological polar surface area (TPSA) is 291 Å². The summed E-state index contributed by atoms with van der Waals surface area (Å²) in [6.45, 7) is 23.3. The van der Waals surface area contributed by atoms with Gasteiger partial charge in [0.1, 0.15) is 0 Å². The van der Waals surface area contributed by atoms with Gasteiger partial charge in [0.25, 0.3) is 0 Å². The molecule has 0 bridgehead atoms. The van der Waals surface area contributed by atoms with Crippen molar-refractivity contribution in [2.24, 2.45) is 5.11 Å². The monoisotopic (exact) mass is 1140 g/mol. The summed E-state index contributed by atoms with van der Waals surface area (Å²) in [5.74, 6) is 0. The van der Waals surface area contributed by atoms with E-state index in [4.69, 9.17) is 124 Å². The van der Waals surface area contributed by atoms with Gasteiger partial charge in [-0.25, -0.2) is 0 Å². The predicted molar refractivity (Wildman–Crippen MR) is 281 cm³/mol. The standard InChI is InChI=1S/C50H101N3O25/c51-53-52-1-3-55-5-7-57-9-11-59-13-15-61-17-19-63-21-23-65-25-27-67-29-31-69-33-35-71-37-39-73-41-43-75-45-47-77-49-50-78-48-46-76-44-42-74-40-38-72-36-34-70-32-30-68-28-26-66-24-22-64-20-18-62-16-14-60-12-10-58-8-6-56-4-2-54/h54H,1-50H2. The highest BCUT2D eigenvalue weighted by Crippen LogP contribution is 1.91. The molecule has 0 aromatic heterocycles. The van der Waals surface area contributed by atoms with E-state index in [1.165, 1.54) is 0 Å². The molecule has 0 radical (unpaired) electrons. The Morgan fingerprint density at radius 1 is 0.179 bits per heavy atom. The maximum Gasteiger partial charge on any atom is 0.0701 e. The first kappa shape index (κ1) is 76.3. The first-order chi connectivity index (χ1) is 38.9.